The monoisotopic (exact) mass is 365 g/mol. The zero-order valence-corrected chi connectivity index (χ0v) is 16.1. The largest absolute Gasteiger partial charge is 0.504 e. The predicted octanol–water partition coefficient (Wildman–Crippen LogP) is 3.82. The number of likely N-dealkylation sites (tertiary alicyclic amines) is 1. The van der Waals surface area contributed by atoms with Gasteiger partial charge < -0.3 is 9.47 Å². The molecule has 3 rings (SSSR count). The number of piperidine rings is 1. The fourth-order valence-corrected chi connectivity index (χ4v) is 3.95. The number of rotatable bonds is 6. The molecule has 4 heteroatoms. The summed E-state index contributed by atoms with van der Waals surface area (Å²) in [7, 11) is 3.10. The third kappa shape index (κ3) is 4.40. The molecule has 0 amide bonds. The van der Waals surface area contributed by atoms with Crippen molar-refractivity contribution in [1.29, 1.82) is 0 Å². The van der Waals surface area contributed by atoms with Crippen LogP contribution in [0.4, 0.5) is 0 Å². The molecule has 4 nitrogen and oxygen atoms in total. The molecule has 0 aromatic heterocycles. The maximum atomic E-state index is 13.0. The van der Waals surface area contributed by atoms with E-state index in [9.17, 15) is 4.79 Å². The molecule has 0 bridgehead atoms. The van der Waals surface area contributed by atoms with E-state index in [0.29, 0.717) is 13.0 Å². The van der Waals surface area contributed by atoms with Gasteiger partial charge in [-0.2, -0.15) is 0 Å². The molecule has 1 saturated heterocycles. The molecular weight excluding hydrogens is 338 g/mol. The van der Waals surface area contributed by atoms with Gasteiger partial charge in [-0.1, -0.05) is 60.7 Å². The Morgan fingerprint density at radius 2 is 1.67 bits per heavy atom. The number of benzene rings is 2. The van der Waals surface area contributed by atoms with Gasteiger partial charge in [-0.25, -0.2) is 0 Å². The first-order valence-electron chi connectivity index (χ1n) is 9.29. The van der Waals surface area contributed by atoms with Crippen LogP contribution in [-0.2, 0) is 27.2 Å². The van der Waals surface area contributed by atoms with E-state index in [1.165, 1.54) is 12.7 Å². The summed E-state index contributed by atoms with van der Waals surface area (Å²) in [6.07, 6.45) is 3.11. The van der Waals surface area contributed by atoms with Crippen LogP contribution >= 0.6 is 0 Å². The summed E-state index contributed by atoms with van der Waals surface area (Å²) in [5, 5.41) is 0. The predicted molar refractivity (Wildman–Crippen MR) is 106 cm³/mol. The summed E-state index contributed by atoms with van der Waals surface area (Å²) >= 11 is 0. The lowest BCUT2D eigenvalue weighted by molar-refractivity contribution is -0.153. The Hall–Kier alpha value is -2.59. The van der Waals surface area contributed by atoms with Crippen LogP contribution in [-0.4, -0.2) is 38.2 Å². The van der Waals surface area contributed by atoms with E-state index in [-0.39, 0.29) is 5.97 Å². The Balaban J connectivity index is 1.93. The molecule has 1 aliphatic rings. The zero-order chi connectivity index (χ0) is 19.1. The van der Waals surface area contributed by atoms with Crippen molar-refractivity contribution >= 4 is 5.97 Å². The molecule has 1 atom stereocenters. The maximum absolute atomic E-state index is 13.0. The molecule has 2 aromatic rings. The molecule has 1 unspecified atom stereocenters. The van der Waals surface area contributed by atoms with Crippen molar-refractivity contribution in [2.75, 3.05) is 27.3 Å². The van der Waals surface area contributed by atoms with Crippen LogP contribution in [0.5, 0.6) is 0 Å². The van der Waals surface area contributed by atoms with E-state index in [2.05, 4.69) is 29.2 Å². The van der Waals surface area contributed by atoms with Gasteiger partial charge in [-0.15, -0.1) is 0 Å². The van der Waals surface area contributed by atoms with Gasteiger partial charge >= 0.3 is 5.97 Å². The first-order chi connectivity index (χ1) is 13.2. The highest BCUT2D eigenvalue weighted by Gasteiger charge is 2.47. The van der Waals surface area contributed by atoms with Crippen molar-refractivity contribution in [3.63, 3.8) is 0 Å². The lowest BCUT2D eigenvalue weighted by atomic mass is 9.71. The van der Waals surface area contributed by atoms with Crippen molar-refractivity contribution in [1.82, 2.24) is 4.90 Å². The van der Waals surface area contributed by atoms with E-state index in [0.717, 1.165) is 30.6 Å². The second-order valence-electron chi connectivity index (χ2n) is 7.06. The number of carbonyl (C=O) groups excluding carboxylic acids is 1. The first kappa shape index (κ1) is 19.2. The lowest BCUT2D eigenvalue weighted by Crippen LogP contribution is -2.51. The highest BCUT2D eigenvalue weighted by molar-refractivity contribution is 5.81. The zero-order valence-electron chi connectivity index (χ0n) is 16.1. The maximum Gasteiger partial charge on any atom is 0.317 e. The minimum Gasteiger partial charge on any atom is -0.504 e. The fraction of sp³-hybridized carbons (Fsp3) is 0.348. The highest BCUT2D eigenvalue weighted by atomic mass is 16.5. The average molecular weight is 365 g/mol. The summed E-state index contributed by atoms with van der Waals surface area (Å²) in [6.45, 7) is 2.31. The molecule has 0 N–H and O–H groups in total. The quantitative estimate of drug-likeness (QED) is 0.576. The lowest BCUT2D eigenvalue weighted by Gasteiger charge is -2.42. The van der Waals surface area contributed by atoms with Crippen LogP contribution in [0, 0.1) is 5.41 Å². The van der Waals surface area contributed by atoms with Crippen molar-refractivity contribution in [2.45, 2.75) is 19.4 Å². The van der Waals surface area contributed by atoms with E-state index in [1.807, 2.05) is 36.4 Å². The van der Waals surface area contributed by atoms with E-state index >= 15 is 0 Å². The molecule has 142 valence electrons. The minimum absolute atomic E-state index is 0.201. The Labute approximate surface area is 161 Å². The van der Waals surface area contributed by atoms with Gasteiger partial charge in [0.2, 0.25) is 0 Å². The number of nitrogens with zero attached hydrogens (tertiary/aromatic N) is 1. The van der Waals surface area contributed by atoms with Crippen LogP contribution in [0.25, 0.3) is 0 Å². The number of hydrogen-bond acceptors (Lipinski definition) is 4. The Kier molecular flexibility index (Phi) is 6.30. The number of methoxy groups -OCH3 is 2. The summed E-state index contributed by atoms with van der Waals surface area (Å²) in [6, 6.07) is 20.5. The SMILES string of the molecule is CO/C=C1/CCN(Cc2ccccc2)CC1(Cc1ccccc1)C(=O)OC. The van der Waals surface area contributed by atoms with E-state index in [4.69, 9.17) is 9.47 Å². The van der Waals surface area contributed by atoms with Gasteiger partial charge in [0.25, 0.3) is 0 Å². The van der Waals surface area contributed by atoms with Crippen LogP contribution in [0.2, 0.25) is 0 Å². The number of ether oxygens (including phenoxy) is 2. The third-order valence-corrected chi connectivity index (χ3v) is 5.24. The molecule has 0 aliphatic carbocycles. The topological polar surface area (TPSA) is 38.8 Å². The average Bonchev–Trinajstić information content (AvgIpc) is 2.71. The molecule has 0 saturated carbocycles. The smallest absolute Gasteiger partial charge is 0.317 e. The fourth-order valence-electron chi connectivity index (χ4n) is 3.95. The summed E-state index contributed by atoms with van der Waals surface area (Å²) in [5.41, 5.74) is 2.63. The molecule has 1 fully saturated rings. The van der Waals surface area contributed by atoms with Gasteiger partial charge in [0.05, 0.1) is 20.5 Å². The van der Waals surface area contributed by atoms with Gasteiger partial charge in [0.1, 0.15) is 5.41 Å². The summed E-state index contributed by atoms with van der Waals surface area (Å²) < 4.78 is 10.6. The molecule has 27 heavy (non-hydrogen) atoms. The summed E-state index contributed by atoms with van der Waals surface area (Å²) in [5.74, 6) is -0.201. The normalized spacial score (nSPS) is 21.8. The number of hydrogen-bond donors (Lipinski definition) is 0. The van der Waals surface area contributed by atoms with Crippen molar-refractivity contribution in [2.24, 2.45) is 5.41 Å². The van der Waals surface area contributed by atoms with Crippen LogP contribution in [0.1, 0.15) is 17.5 Å². The first-order valence-corrected chi connectivity index (χ1v) is 9.29. The van der Waals surface area contributed by atoms with Crippen molar-refractivity contribution < 1.29 is 14.3 Å². The van der Waals surface area contributed by atoms with Crippen molar-refractivity contribution in [3.05, 3.63) is 83.6 Å². The summed E-state index contributed by atoms with van der Waals surface area (Å²) in [4.78, 5) is 15.4. The second kappa shape index (κ2) is 8.87. The minimum atomic E-state index is -0.737. The molecule has 0 spiro atoms. The standard InChI is InChI=1S/C23H27NO3/c1-26-17-21-13-14-24(16-20-11-7-4-8-12-20)18-23(21,22(25)27-2)15-19-9-5-3-6-10-19/h3-12,17H,13-16,18H2,1-2H3/b21-17-. The molecule has 2 aromatic carbocycles. The van der Waals surface area contributed by atoms with Crippen LogP contribution in [0.15, 0.2) is 72.5 Å². The molecule has 1 heterocycles. The number of esters is 1. The van der Waals surface area contributed by atoms with Gasteiger partial charge in [0.15, 0.2) is 0 Å². The Bertz CT molecular complexity index is 773. The van der Waals surface area contributed by atoms with Gasteiger partial charge in [0, 0.05) is 19.6 Å². The van der Waals surface area contributed by atoms with E-state index in [1.54, 1.807) is 13.4 Å². The van der Waals surface area contributed by atoms with Gasteiger partial charge in [-0.05, 0) is 29.5 Å². The van der Waals surface area contributed by atoms with Gasteiger partial charge in [-0.3, -0.25) is 9.69 Å². The Morgan fingerprint density at radius 3 is 2.26 bits per heavy atom. The highest BCUT2D eigenvalue weighted by Crippen LogP contribution is 2.40. The van der Waals surface area contributed by atoms with Crippen LogP contribution in [0.3, 0.4) is 0 Å². The number of carbonyl (C=O) groups is 1. The van der Waals surface area contributed by atoms with Crippen molar-refractivity contribution in [3.8, 4) is 0 Å². The second-order valence-corrected chi connectivity index (χ2v) is 7.06. The van der Waals surface area contributed by atoms with Crippen LogP contribution < -0.4 is 0 Å². The molecule has 0 radical (unpaired) electrons. The van der Waals surface area contributed by atoms with E-state index < -0.39 is 5.41 Å². The molecule has 1 aliphatic heterocycles. The molecular formula is C23H27NO3. The Morgan fingerprint density at radius 1 is 1.04 bits per heavy atom. The third-order valence-electron chi connectivity index (χ3n) is 5.24.